The van der Waals surface area contributed by atoms with Gasteiger partial charge in [-0.3, -0.25) is 9.36 Å². The van der Waals surface area contributed by atoms with E-state index in [0.717, 1.165) is 25.9 Å². The molecule has 0 saturated carbocycles. The molecule has 2 aromatic rings. The van der Waals surface area contributed by atoms with E-state index in [1.165, 1.54) is 16.1 Å². The van der Waals surface area contributed by atoms with Crippen molar-refractivity contribution in [3.8, 4) is 11.4 Å². The Balaban J connectivity index is 1.57. The van der Waals surface area contributed by atoms with Crippen molar-refractivity contribution in [2.45, 2.75) is 29.4 Å². The van der Waals surface area contributed by atoms with Crippen molar-refractivity contribution in [2.24, 2.45) is 0 Å². The van der Waals surface area contributed by atoms with Gasteiger partial charge in [0.2, 0.25) is 15.9 Å². The number of benzene rings is 1. The highest BCUT2D eigenvalue weighted by atomic mass is 32.2. The smallest absolute Gasteiger partial charge is 0.243 e. The first-order chi connectivity index (χ1) is 15.5. The molecule has 4 rings (SSSR count). The van der Waals surface area contributed by atoms with Gasteiger partial charge in [0.15, 0.2) is 11.0 Å². The van der Waals surface area contributed by atoms with Crippen LogP contribution in [0.3, 0.4) is 0 Å². The predicted octanol–water partition coefficient (Wildman–Crippen LogP) is 1.87. The molecule has 172 valence electrons. The molecule has 3 heterocycles. The van der Waals surface area contributed by atoms with Crippen molar-refractivity contribution in [3.63, 3.8) is 0 Å². The molecule has 0 aliphatic carbocycles. The van der Waals surface area contributed by atoms with Crippen LogP contribution in [0, 0.1) is 0 Å². The summed E-state index contributed by atoms with van der Waals surface area (Å²) in [6.45, 7) is 7.35. The Bertz CT molecular complexity index is 1070. The van der Waals surface area contributed by atoms with E-state index in [4.69, 9.17) is 4.74 Å². The average Bonchev–Trinajstić information content (AvgIpc) is 3.49. The molecule has 1 amide bonds. The van der Waals surface area contributed by atoms with Crippen molar-refractivity contribution in [3.05, 3.63) is 36.9 Å². The van der Waals surface area contributed by atoms with Crippen LogP contribution in [0.15, 0.2) is 47.0 Å². The van der Waals surface area contributed by atoms with Gasteiger partial charge in [0.1, 0.15) is 0 Å². The Kier molecular flexibility index (Phi) is 7.29. The first kappa shape index (κ1) is 23.0. The third-order valence-corrected chi connectivity index (χ3v) is 8.36. The Morgan fingerprint density at radius 2 is 1.91 bits per heavy atom. The summed E-state index contributed by atoms with van der Waals surface area (Å²) in [5, 5.41) is 9.19. The molecule has 0 atom stereocenters. The molecule has 1 aromatic carbocycles. The van der Waals surface area contributed by atoms with Gasteiger partial charge in [-0.15, -0.1) is 16.8 Å². The number of hydrogen-bond acceptors (Lipinski definition) is 7. The number of likely N-dealkylation sites (tertiary alicyclic amines) is 1. The Hall–Kier alpha value is -2.21. The van der Waals surface area contributed by atoms with Crippen molar-refractivity contribution in [1.29, 1.82) is 0 Å². The number of rotatable bonds is 8. The number of allylic oxidation sites excluding steroid dienone is 1. The Morgan fingerprint density at radius 3 is 2.62 bits per heavy atom. The van der Waals surface area contributed by atoms with Crippen LogP contribution in [0.25, 0.3) is 11.4 Å². The fraction of sp³-hybridized carbons (Fsp3) is 0.476. The molecule has 0 spiro atoms. The first-order valence-corrected chi connectivity index (χ1v) is 13.1. The zero-order valence-electron chi connectivity index (χ0n) is 17.9. The largest absolute Gasteiger partial charge is 0.379 e. The van der Waals surface area contributed by atoms with Crippen LogP contribution in [-0.4, -0.2) is 83.4 Å². The summed E-state index contributed by atoms with van der Waals surface area (Å²) in [5.74, 6) is 0.932. The number of amides is 1. The highest BCUT2D eigenvalue weighted by Crippen LogP contribution is 2.27. The van der Waals surface area contributed by atoms with E-state index >= 15 is 0 Å². The highest BCUT2D eigenvalue weighted by Gasteiger charge is 2.27. The molecule has 11 heteroatoms. The topological polar surface area (TPSA) is 97.6 Å². The number of sulfonamides is 1. The van der Waals surface area contributed by atoms with E-state index in [1.54, 1.807) is 24.3 Å². The monoisotopic (exact) mass is 477 g/mol. The zero-order chi connectivity index (χ0) is 22.6. The summed E-state index contributed by atoms with van der Waals surface area (Å²) >= 11 is 1.34. The minimum Gasteiger partial charge on any atom is -0.379 e. The molecule has 0 unspecified atom stereocenters. The lowest BCUT2D eigenvalue weighted by Gasteiger charge is -2.26. The maximum Gasteiger partial charge on any atom is 0.243 e. The molecule has 2 aliphatic rings. The highest BCUT2D eigenvalue weighted by molar-refractivity contribution is 7.99. The van der Waals surface area contributed by atoms with Gasteiger partial charge in [-0.2, -0.15) is 4.31 Å². The summed E-state index contributed by atoms with van der Waals surface area (Å²) in [7, 11) is -3.62. The number of aromatic nitrogens is 3. The minimum atomic E-state index is -3.62. The Morgan fingerprint density at radius 1 is 1.16 bits per heavy atom. The number of nitrogens with zero attached hydrogens (tertiary/aromatic N) is 5. The van der Waals surface area contributed by atoms with Crippen LogP contribution in [0.2, 0.25) is 0 Å². The molecule has 2 aliphatic heterocycles. The van der Waals surface area contributed by atoms with E-state index in [9.17, 15) is 13.2 Å². The van der Waals surface area contributed by atoms with Gasteiger partial charge in [-0.05, 0) is 25.0 Å². The molecule has 32 heavy (non-hydrogen) atoms. The van der Waals surface area contributed by atoms with E-state index in [0.29, 0.717) is 55.1 Å². The Labute approximate surface area is 192 Å². The van der Waals surface area contributed by atoms with Crippen molar-refractivity contribution in [2.75, 3.05) is 45.1 Å². The molecular weight excluding hydrogens is 450 g/mol. The summed E-state index contributed by atoms with van der Waals surface area (Å²) in [4.78, 5) is 14.5. The van der Waals surface area contributed by atoms with Crippen LogP contribution in [0.4, 0.5) is 0 Å². The van der Waals surface area contributed by atoms with Gasteiger partial charge < -0.3 is 9.64 Å². The van der Waals surface area contributed by atoms with Gasteiger partial charge in [0, 0.05) is 38.3 Å². The van der Waals surface area contributed by atoms with E-state index in [1.807, 2.05) is 15.5 Å². The molecule has 1 aromatic heterocycles. The first-order valence-electron chi connectivity index (χ1n) is 10.6. The third-order valence-electron chi connectivity index (χ3n) is 5.51. The van der Waals surface area contributed by atoms with Gasteiger partial charge in [0.05, 0.1) is 23.9 Å². The van der Waals surface area contributed by atoms with Crippen molar-refractivity contribution < 1.29 is 17.9 Å². The van der Waals surface area contributed by atoms with E-state index in [-0.39, 0.29) is 10.8 Å². The molecule has 0 bridgehead atoms. The van der Waals surface area contributed by atoms with Gasteiger partial charge >= 0.3 is 0 Å². The second-order valence-corrected chi connectivity index (χ2v) is 10.5. The molecule has 2 fully saturated rings. The number of hydrogen-bond donors (Lipinski definition) is 0. The average molecular weight is 478 g/mol. The lowest BCUT2D eigenvalue weighted by molar-refractivity contribution is -0.127. The maximum atomic E-state index is 13.1. The van der Waals surface area contributed by atoms with Gasteiger partial charge in [-0.25, -0.2) is 8.42 Å². The zero-order valence-corrected chi connectivity index (χ0v) is 19.5. The number of carbonyl (C=O) groups excluding carboxylic acids is 1. The second-order valence-electron chi connectivity index (χ2n) is 7.63. The standard InChI is InChI=1S/C21H27N5O4S2/c1-2-8-26-20(22-23-21(26)31-16-19(27)24-9-3-4-10-24)17-6-5-7-18(15-17)32(28,29)25-11-13-30-14-12-25/h2,5-7,15H,1,3-4,8-14,16H2. The van der Waals surface area contributed by atoms with Crippen LogP contribution >= 0.6 is 11.8 Å². The van der Waals surface area contributed by atoms with Gasteiger partial charge in [-0.1, -0.05) is 30.0 Å². The molecule has 0 radical (unpaired) electrons. The molecule has 2 saturated heterocycles. The SMILES string of the molecule is C=CCn1c(SCC(=O)N2CCCC2)nnc1-c1cccc(S(=O)(=O)N2CCOCC2)c1. The van der Waals surface area contributed by atoms with Crippen LogP contribution in [0.5, 0.6) is 0 Å². The fourth-order valence-corrected chi connectivity index (χ4v) is 6.12. The van der Waals surface area contributed by atoms with Crippen molar-refractivity contribution >= 4 is 27.7 Å². The number of ether oxygens (including phenoxy) is 1. The van der Waals surface area contributed by atoms with Gasteiger partial charge in [0.25, 0.3) is 0 Å². The maximum absolute atomic E-state index is 13.1. The van der Waals surface area contributed by atoms with Crippen LogP contribution < -0.4 is 0 Å². The lowest BCUT2D eigenvalue weighted by Crippen LogP contribution is -2.40. The fourth-order valence-electron chi connectivity index (χ4n) is 3.82. The summed E-state index contributed by atoms with van der Waals surface area (Å²) in [6, 6.07) is 6.73. The van der Waals surface area contributed by atoms with Crippen LogP contribution in [-0.2, 0) is 26.1 Å². The molecule has 9 nitrogen and oxygen atoms in total. The number of carbonyl (C=O) groups is 1. The quantitative estimate of drug-likeness (QED) is 0.423. The number of morpholine rings is 1. The number of thioether (sulfide) groups is 1. The predicted molar refractivity (Wildman–Crippen MR) is 122 cm³/mol. The summed E-state index contributed by atoms with van der Waals surface area (Å²) in [6.07, 6.45) is 3.83. The lowest BCUT2D eigenvalue weighted by atomic mass is 10.2. The summed E-state index contributed by atoms with van der Waals surface area (Å²) in [5.41, 5.74) is 0.645. The minimum absolute atomic E-state index is 0.0980. The van der Waals surface area contributed by atoms with Crippen molar-refractivity contribution in [1.82, 2.24) is 24.0 Å². The molecular formula is C21H27N5O4S2. The molecule has 0 N–H and O–H groups in total. The van der Waals surface area contributed by atoms with Crippen LogP contribution in [0.1, 0.15) is 12.8 Å². The second kappa shape index (κ2) is 10.2. The van der Waals surface area contributed by atoms with E-state index in [2.05, 4.69) is 16.8 Å². The van der Waals surface area contributed by atoms with E-state index < -0.39 is 10.0 Å². The normalized spacial score (nSPS) is 17.6. The third kappa shape index (κ3) is 4.90. The summed E-state index contributed by atoms with van der Waals surface area (Å²) < 4.78 is 34.7.